The van der Waals surface area contributed by atoms with Gasteiger partial charge in [0.2, 0.25) is 0 Å². The van der Waals surface area contributed by atoms with E-state index in [1.54, 1.807) is 37.0 Å². The number of nitrogens with one attached hydrogen (secondary N) is 3. The maximum absolute atomic E-state index is 12.8. The molecule has 39 heavy (non-hydrogen) atoms. The predicted octanol–water partition coefficient (Wildman–Crippen LogP) is 4.44. The van der Waals surface area contributed by atoms with Gasteiger partial charge in [0.05, 0.1) is 35.7 Å². The lowest BCUT2D eigenvalue weighted by Gasteiger charge is -2.34. The second-order valence-electron chi connectivity index (χ2n) is 9.42. The minimum atomic E-state index is -0.332. The summed E-state index contributed by atoms with van der Waals surface area (Å²) in [6.45, 7) is 5.33. The molecule has 10 nitrogen and oxygen atoms in total. The van der Waals surface area contributed by atoms with Crippen molar-refractivity contribution in [1.82, 2.24) is 19.9 Å². The molecule has 1 saturated heterocycles. The average Bonchev–Trinajstić information content (AvgIpc) is 3.32. The lowest BCUT2D eigenvalue weighted by molar-refractivity contribution is 0.216. The number of carbonyl (C=O) groups excluding carboxylic acids is 1. The third-order valence-corrected chi connectivity index (χ3v) is 6.38. The zero-order valence-electron chi connectivity index (χ0n) is 22.4. The topological polar surface area (TPSA) is 138 Å². The van der Waals surface area contributed by atoms with Gasteiger partial charge in [-0.2, -0.15) is 5.10 Å². The number of halogens is 1. The number of benzene rings is 2. The Morgan fingerprint density at radius 2 is 1.79 bits per heavy atom. The maximum atomic E-state index is 12.8. The van der Waals surface area contributed by atoms with Crippen LogP contribution >= 0.6 is 11.6 Å². The van der Waals surface area contributed by atoms with E-state index in [-0.39, 0.29) is 17.6 Å². The predicted molar refractivity (Wildman–Crippen MR) is 158 cm³/mol. The van der Waals surface area contributed by atoms with Gasteiger partial charge >= 0.3 is 6.03 Å². The number of amides is 2. The van der Waals surface area contributed by atoms with Crippen LogP contribution in [0.4, 0.5) is 21.9 Å². The molecular formula is C28H36ClN7O3. The van der Waals surface area contributed by atoms with Gasteiger partial charge in [-0.15, -0.1) is 0 Å². The highest BCUT2D eigenvalue weighted by Crippen LogP contribution is 2.29. The molecule has 6 N–H and O–H groups in total. The molecule has 11 heteroatoms. The Balaban J connectivity index is 0.000000788. The van der Waals surface area contributed by atoms with Gasteiger partial charge in [0, 0.05) is 35.8 Å². The maximum Gasteiger partial charge on any atom is 0.323 e. The molecule has 2 aromatic heterocycles. The standard InChI is InChI=1S/C25H26ClN7O.C3H8O.H2O/c1-27-19-9-11-32(12-10-19)23-8-3-2-7-22(23)31-25(34)30-20-14-28-24-21(15-29-33(24)16-20)17-5-4-6-18(26)13-17;1-3(2)4;/h2-8,13-16,19,27H,9-12H2,1H3,(H2,30,31,34);3-4H,1-2H3;1H2. The van der Waals surface area contributed by atoms with Crippen molar-refractivity contribution in [1.29, 1.82) is 0 Å². The summed E-state index contributed by atoms with van der Waals surface area (Å²) in [5.41, 5.74) is 4.83. The van der Waals surface area contributed by atoms with E-state index in [9.17, 15) is 4.79 Å². The SMILES string of the molecule is CC(C)O.CNC1CCN(c2ccccc2NC(=O)Nc2cnc3c(-c4cccc(Cl)c4)cnn3c2)CC1.O. The fraction of sp³-hybridized carbons (Fsp3) is 0.321. The number of anilines is 3. The van der Waals surface area contributed by atoms with Crippen molar-refractivity contribution >= 4 is 40.3 Å². The molecule has 1 fully saturated rings. The fourth-order valence-electron chi connectivity index (χ4n) is 4.35. The van der Waals surface area contributed by atoms with Crippen molar-refractivity contribution in [3.8, 4) is 11.1 Å². The van der Waals surface area contributed by atoms with Gasteiger partial charge in [0.15, 0.2) is 5.65 Å². The van der Waals surface area contributed by atoms with Gasteiger partial charge < -0.3 is 31.4 Å². The zero-order chi connectivity index (χ0) is 27.1. The van der Waals surface area contributed by atoms with Gasteiger partial charge in [-0.05, 0) is 63.6 Å². The Morgan fingerprint density at radius 1 is 1.08 bits per heavy atom. The highest BCUT2D eigenvalue weighted by Gasteiger charge is 2.20. The minimum Gasteiger partial charge on any atom is -0.412 e. The largest absolute Gasteiger partial charge is 0.412 e. The van der Waals surface area contributed by atoms with Crippen LogP contribution in [0.5, 0.6) is 0 Å². The Labute approximate surface area is 233 Å². The van der Waals surface area contributed by atoms with E-state index >= 15 is 0 Å². The summed E-state index contributed by atoms with van der Waals surface area (Å²) in [6.07, 6.45) is 7.09. The van der Waals surface area contributed by atoms with Crippen LogP contribution in [0.1, 0.15) is 26.7 Å². The molecule has 0 radical (unpaired) electrons. The molecule has 0 spiro atoms. The zero-order valence-corrected chi connectivity index (χ0v) is 23.1. The third kappa shape index (κ3) is 7.90. The van der Waals surface area contributed by atoms with E-state index in [2.05, 4.69) is 30.9 Å². The molecule has 1 aliphatic heterocycles. The molecule has 0 aliphatic carbocycles. The average molecular weight is 554 g/mol. The highest BCUT2D eigenvalue weighted by molar-refractivity contribution is 6.30. The number of hydrogen-bond acceptors (Lipinski definition) is 6. The highest BCUT2D eigenvalue weighted by atomic mass is 35.5. The number of nitrogens with zero attached hydrogens (tertiary/aromatic N) is 4. The van der Waals surface area contributed by atoms with Crippen LogP contribution in [0.15, 0.2) is 67.1 Å². The molecule has 0 atom stereocenters. The number of urea groups is 1. The Morgan fingerprint density at radius 3 is 2.49 bits per heavy atom. The first-order valence-corrected chi connectivity index (χ1v) is 13.1. The van der Waals surface area contributed by atoms with Crippen LogP contribution in [0.2, 0.25) is 5.02 Å². The molecule has 5 rings (SSSR count). The molecule has 1 aliphatic rings. The Kier molecular flexibility index (Phi) is 10.6. The number of para-hydroxylation sites is 2. The fourth-order valence-corrected chi connectivity index (χ4v) is 4.54. The summed E-state index contributed by atoms with van der Waals surface area (Å²) >= 11 is 6.13. The number of aliphatic hydroxyl groups excluding tert-OH is 1. The molecule has 2 aromatic carbocycles. The molecule has 208 valence electrons. The van der Waals surface area contributed by atoms with E-state index in [0.717, 1.165) is 48.4 Å². The lowest BCUT2D eigenvalue weighted by Crippen LogP contribution is -2.41. The first-order chi connectivity index (χ1) is 18.3. The number of fused-ring (bicyclic) bond motifs is 1. The number of carbonyl (C=O) groups is 1. The minimum absolute atomic E-state index is 0. The summed E-state index contributed by atoms with van der Waals surface area (Å²) in [4.78, 5) is 19.6. The van der Waals surface area contributed by atoms with Gasteiger partial charge in [0.1, 0.15) is 0 Å². The Bertz CT molecular complexity index is 1370. The Hall–Kier alpha value is -3.70. The van der Waals surface area contributed by atoms with Crippen molar-refractivity contribution in [3.63, 3.8) is 0 Å². The summed E-state index contributed by atoms with van der Waals surface area (Å²) in [5, 5.41) is 22.3. The smallest absolute Gasteiger partial charge is 0.323 e. The van der Waals surface area contributed by atoms with Crippen LogP contribution in [-0.4, -0.2) is 63.5 Å². The van der Waals surface area contributed by atoms with Crippen LogP contribution in [0, 0.1) is 0 Å². The second kappa shape index (κ2) is 13.9. The van der Waals surface area contributed by atoms with Crippen molar-refractivity contribution in [2.75, 3.05) is 35.7 Å². The number of rotatable bonds is 5. The van der Waals surface area contributed by atoms with Crippen molar-refractivity contribution in [2.24, 2.45) is 0 Å². The van der Waals surface area contributed by atoms with Gasteiger partial charge in [-0.3, -0.25) is 0 Å². The van der Waals surface area contributed by atoms with E-state index in [0.29, 0.717) is 22.4 Å². The van der Waals surface area contributed by atoms with Crippen LogP contribution in [0.3, 0.4) is 0 Å². The molecule has 0 bridgehead atoms. The summed E-state index contributed by atoms with van der Waals surface area (Å²) in [5.74, 6) is 0. The van der Waals surface area contributed by atoms with E-state index in [1.807, 2.05) is 55.6 Å². The van der Waals surface area contributed by atoms with Crippen LogP contribution in [0.25, 0.3) is 16.8 Å². The summed E-state index contributed by atoms with van der Waals surface area (Å²) in [7, 11) is 2.01. The quantitative estimate of drug-likeness (QED) is 0.288. The number of hydrogen-bond donors (Lipinski definition) is 4. The molecule has 0 unspecified atom stereocenters. The van der Waals surface area contributed by atoms with Gasteiger partial charge in [-0.1, -0.05) is 35.9 Å². The molecule has 4 aromatic rings. The number of aliphatic hydroxyl groups is 1. The second-order valence-corrected chi connectivity index (χ2v) is 9.86. The van der Waals surface area contributed by atoms with Crippen molar-refractivity contribution in [3.05, 3.63) is 72.1 Å². The number of piperidine rings is 1. The third-order valence-electron chi connectivity index (χ3n) is 6.15. The van der Waals surface area contributed by atoms with E-state index in [1.165, 1.54) is 0 Å². The monoisotopic (exact) mass is 553 g/mol. The van der Waals surface area contributed by atoms with Crippen LogP contribution in [-0.2, 0) is 0 Å². The molecule has 2 amide bonds. The number of aromatic nitrogens is 3. The lowest BCUT2D eigenvalue weighted by atomic mass is 10.0. The molecule has 0 saturated carbocycles. The molecule has 3 heterocycles. The normalized spacial score (nSPS) is 13.4. The summed E-state index contributed by atoms with van der Waals surface area (Å²) < 4.78 is 1.64. The van der Waals surface area contributed by atoms with Crippen molar-refractivity contribution < 1.29 is 15.4 Å². The van der Waals surface area contributed by atoms with Gasteiger partial charge in [0.25, 0.3) is 0 Å². The van der Waals surface area contributed by atoms with Gasteiger partial charge in [-0.25, -0.2) is 14.3 Å². The molecular weight excluding hydrogens is 518 g/mol. The van der Waals surface area contributed by atoms with E-state index in [4.69, 9.17) is 16.7 Å². The first kappa shape index (κ1) is 29.9. The van der Waals surface area contributed by atoms with E-state index < -0.39 is 0 Å². The van der Waals surface area contributed by atoms with Crippen LogP contribution < -0.4 is 20.9 Å². The van der Waals surface area contributed by atoms with Crippen molar-refractivity contribution in [2.45, 2.75) is 38.8 Å². The first-order valence-electron chi connectivity index (χ1n) is 12.7. The summed E-state index contributed by atoms with van der Waals surface area (Å²) in [6, 6.07) is 15.7.